The predicted molar refractivity (Wildman–Crippen MR) is 107 cm³/mol. The summed E-state index contributed by atoms with van der Waals surface area (Å²) in [5.74, 6) is -0.360. The molecular formula is C19H24N2O3S2. The Morgan fingerprint density at radius 3 is 2.38 bits per heavy atom. The van der Waals surface area contributed by atoms with Crippen molar-refractivity contribution in [2.75, 3.05) is 25.2 Å². The number of likely N-dealkylation sites (N-methyl/N-ethyl adjacent to an activating group) is 1. The summed E-state index contributed by atoms with van der Waals surface area (Å²) in [6.45, 7) is 3.69. The summed E-state index contributed by atoms with van der Waals surface area (Å²) in [7, 11) is -2.30. The van der Waals surface area contributed by atoms with Gasteiger partial charge in [0.2, 0.25) is 15.9 Å². The Kier molecular flexibility index (Phi) is 6.86. The van der Waals surface area contributed by atoms with Gasteiger partial charge in [0.15, 0.2) is 0 Å². The Bertz CT molecular complexity index is 878. The van der Waals surface area contributed by atoms with Crippen LogP contribution in [-0.2, 0) is 21.2 Å². The Balaban J connectivity index is 2.13. The van der Waals surface area contributed by atoms with Crippen LogP contribution >= 0.6 is 11.8 Å². The maximum absolute atomic E-state index is 12.6. The quantitative estimate of drug-likeness (QED) is 0.732. The van der Waals surface area contributed by atoms with Gasteiger partial charge in [0.1, 0.15) is 0 Å². The third-order valence-electron chi connectivity index (χ3n) is 4.14. The molecule has 0 saturated heterocycles. The minimum atomic E-state index is -3.71. The average Bonchev–Trinajstić information content (AvgIpc) is 2.63. The fraction of sp³-hybridized carbons (Fsp3) is 0.316. The van der Waals surface area contributed by atoms with E-state index in [1.54, 1.807) is 36.0 Å². The minimum absolute atomic E-state index is 0.177. The SMILES string of the molecule is CCc1cccc(C)c1NC(=O)CN(C)S(=O)(=O)c1ccc(SC)cc1. The van der Waals surface area contributed by atoms with E-state index in [1.165, 1.54) is 7.05 Å². The number of aryl methyl sites for hydroxylation is 2. The molecule has 140 valence electrons. The van der Waals surface area contributed by atoms with E-state index in [1.807, 2.05) is 38.3 Å². The maximum Gasteiger partial charge on any atom is 0.243 e. The molecule has 1 N–H and O–H groups in total. The van der Waals surface area contributed by atoms with Gasteiger partial charge in [0.05, 0.1) is 11.4 Å². The van der Waals surface area contributed by atoms with Gasteiger partial charge >= 0.3 is 0 Å². The molecule has 2 aromatic rings. The number of nitrogens with one attached hydrogen (secondary N) is 1. The monoisotopic (exact) mass is 392 g/mol. The first-order valence-corrected chi connectivity index (χ1v) is 10.9. The number of nitrogens with zero attached hydrogens (tertiary/aromatic N) is 1. The van der Waals surface area contributed by atoms with Gasteiger partial charge in [-0.05, 0) is 55.0 Å². The van der Waals surface area contributed by atoms with Gasteiger partial charge in [-0.3, -0.25) is 4.79 Å². The number of benzene rings is 2. The Labute approximate surface area is 159 Å². The standard InChI is InChI=1S/C19H24N2O3S2/c1-5-15-8-6-7-14(2)19(15)20-18(22)13-21(3)26(23,24)17-11-9-16(25-4)10-12-17/h6-12H,5,13H2,1-4H3,(H,20,22). The summed E-state index contributed by atoms with van der Waals surface area (Å²) in [6.07, 6.45) is 2.71. The highest BCUT2D eigenvalue weighted by Gasteiger charge is 2.23. The smallest absolute Gasteiger partial charge is 0.243 e. The normalized spacial score (nSPS) is 11.6. The van der Waals surface area contributed by atoms with Gasteiger partial charge in [-0.1, -0.05) is 25.1 Å². The molecule has 0 aliphatic heterocycles. The molecule has 0 aliphatic rings. The van der Waals surface area contributed by atoms with Gasteiger partial charge in [-0.2, -0.15) is 4.31 Å². The van der Waals surface area contributed by atoms with Crippen molar-refractivity contribution in [3.8, 4) is 0 Å². The number of rotatable bonds is 7. The number of hydrogen-bond acceptors (Lipinski definition) is 4. The average molecular weight is 393 g/mol. The molecule has 0 fully saturated rings. The van der Waals surface area contributed by atoms with Crippen molar-refractivity contribution >= 4 is 33.4 Å². The predicted octanol–water partition coefficient (Wildman–Crippen LogP) is 3.54. The second-order valence-electron chi connectivity index (χ2n) is 5.95. The Hall–Kier alpha value is -1.83. The first kappa shape index (κ1) is 20.5. The molecule has 26 heavy (non-hydrogen) atoms. The van der Waals surface area contributed by atoms with Crippen LogP contribution in [0.15, 0.2) is 52.3 Å². The first-order valence-electron chi connectivity index (χ1n) is 8.28. The van der Waals surface area contributed by atoms with Crippen molar-refractivity contribution < 1.29 is 13.2 Å². The fourth-order valence-electron chi connectivity index (χ4n) is 2.60. The molecule has 0 unspecified atom stereocenters. The number of thioether (sulfide) groups is 1. The molecule has 0 aromatic heterocycles. The van der Waals surface area contributed by atoms with Crippen LogP contribution in [0.4, 0.5) is 5.69 Å². The highest BCUT2D eigenvalue weighted by molar-refractivity contribution is 7.98. The molecule has 2 aromatic carbocycles. The zero-order valence-electron chi connectivity index (χ0n) is 15.4. The van der Waals surface area contributed by atoms with Crippen molar-refractivity contribution in [1.29, 1.82) is 0 Å². The highest BCUT2D eigenvalue weighted by atomic mass is 32.2. The number of amides is 1. The minimum Gasteiger partial charge on any atom is -0.324 e. The van der Waals surface area contributed by atoms with Crippen LogP contribution in [0.1, 0.15) is 18.1 Å². The number of hydrogen-bond donors (Lipinski definition) is 1. The van der Waals surface area contributed by atoms with E-state index >= 15 is 0 Å². The highest BCUT2D eigenvalue weighted by Crippen LogP contribution is 2.22. The summed E-state index contributed by atoms with van der Waals surface area (Å²) in [5.41, 5.74) is 2.74. The molecule has 1 amide bonds. The number of carbonyl (C=O) groups is 1. The Morgan fingerprint density at radius 2 is 1.81 bits per heavy atom. The fourth-order valence-corrected chi connectivity index (χ4v) is 4.13. The summed E-state index contributed by atoms with van der Waals surface area (Å²) in [5, 5.41) is 2.85. The van der Waals surface area contributed by atoms with E-state index < -0.39 is 10.0 Å². The number of para-hydroxylation sites is 1. The van der Waals surface area contributed by atoms with E-state index in [9.17, 15) is 13.2 Å². The number of anilines is 1. The van der Waals surface area contributed by atoms with Gasteiger partial charge < -0.3 is 5.32 Å². The van der Waals surface area contributed by atoms with Gasteiger partial charge in [-0.15, -0.1) is 11.8 Å². The number of carbonyl (C=O) groups excluding carboxylic acids is 1. The number of sulfonamides is 1. The van der Waals surface area contributed by atoms with E-state index in [2.05, 4.69) is 5.32 Å². The van der Waals surface area contributed by atoms with E-state index in [4.69, 9.17) is 0 Å². The molecule has 0 heterocycles. The second-order valence-corrected chi connectivity index (χ2v) is 8.87. The van der Waals surface area contributed by atoms with Gasteiger partial charge in [-0.25, -0.2) is 8.42 Å². The lowest BCUT2D eigenvalue weighted by atomic mass is 10.1. The lowest BCUT2D eigenvalue weighted by molar-refractivity contribution is -0.116. The largest absolute Gasteiger partial charge is 0.324 e. The van der Waals surface area contributed by atoms with Crippen molar-refractivity contribution in [2.45, 2.75) is 30.1 Å². The van der Waals surface area contributed by atoms with Crippen LogP contribution in [0.2, 0.25) is 0 Å². The molecule has 0 bridgehead atoms. The van der Waals surface area contributed by atoms with Crippen molar-refractivity contribution in [1.82, 2.24) is 4.31 Å². The first-order chi connectivity index (χ1) is 12.3. The lowest BCUT2D eigenvalue weighted by Gasteiger charge is -2.18. The lowest BCUT2D eigenvalue weighted by Crippen LogP contribution is -2.35. The summed E-state index contributed by atoms with van der Waals surface area (Å²) in [6, 6.07) is 12.5. The molecule has 0 aliphatic carbocycles. The zero-order chi connectivity index (χ0) is 19.3. The Morgan fingerprint density at radius 1 is 1.15 bits per heavy atom. The van der Waals surface area contributed by atoms with Gasteiger partial charge in [0, 0.05) is 17.6 Å². The second kappa shape index (κ2) is 8.70. The van der Waals surface area contributed by atoms with E-state index in [-0.39, 0.29) is 17.3 Å². The van der Waals surface area contributed by atoms with Crippen LogP contribution in [-0.4, -0.2) is 38.5 Å². The summed E-state index contributed by atoms with van der Waals surface area (Å²) < 4.78 is 26.4. The molecule has 0 spiro atoms. The van der Waals surface area contributed by atoms with Crippen LogP contribution in [0.25, 0.3) is 0 Å². The molecule has 0 atom stereocenters. The molecule has 2 rings (SSSR count). The van der Waals surface area contributed by atoms with Gasteiger partial charge in [0.25, 0.3) is 0 Å². The van der Waals surface area contributed by atoms with Crippen LogP contribution in [0.5, 0.6) is 0 Å². The molecule has 0 saturated carbocycles. The maximum atomic E-state index is 12.6. The van der Waals surface area contributed by atoms with Crippen molar-refractivity contribution in [3.63, 3.8) is 0 Å². The van der Waals surface area contributed by atoms with Crippen LogP contribution in [0.3, 0.4) is 0 Å². The van der Waals surface area contributed by atoms with Crippen molar-refractivity contribution in [3.05, 3.63) is 53.6 Å². The van der Waals surface area contributed by atoms with Crippen LogP contribution < -0.4 is 5.32 Å². The molecule has 7 heteroatoms. The van der Waals surface area contributed by atoms with E-state index in [0.717, 1.165) is 32.4 Å². The summed E-state index contributed by atoms with van der Waals surface area (Å²) in [4.78, 5) is 13.6. The summed E-state index contributed by atoms with van der Waals surface area (Å²) >= 11 is 1.54. The molecule has 0 radical (unpaired) electrons. The third-order valence-corrected chi connectivity index (χ3v) is 6.70. The molecule has 5 nitrogen and oxygen atoms in total. The van der Waals surface area contributed by atoms with E-state index in [0.29, 0.717) is 0 Å². The van der Waals surface area contributed by atoms with Crippen molar-refractivity contribution in [2.24, 2.45) is 0 Å². The molecular weight excluding hydrogens is 368 g/mol. The van der Waals surface area contributed by atoms with Crippen LogP contribution in [0, 0.1) is 6.92 Å². The topological polar surface area (TPSA) is 66.5 Å². The third kappa shape index (κ3) is 4.66. The zero-order valence-corrected chi connectivity index (χ0v) is 17.1.